The fraction of sp³-hybridized carbons (Fsp3) is 0.167. The normalized spacial score (nSPS) is 11.8. The molecule has 2 aromatic carbocycles. The number of anilines is 1. The van der Waals surface area contributed by atoms with Gasteiger partial charge < -0.3 is 15.2 Å². The number of pyridine rings is 1. The predicted molar refractivity (Wildman–Crippen MR) is 120 cm³/mol. The molecule has 0 spiro atoms. The van der Waals surface area contributed by atoms with Crippen molar-refractivity contribution in [1.29, 1.82) is 0 Å². The maximum absolute atomic E-state index is 13.4. The molecular weight excluding hydrogens is 418 g/mol. The van der Waals surface area contributed by atoms with Gasteiger partial charge in [-0.15, -0.1) is 0 Å². The van der Waals surface area contributed by atoms with Crippen molar-refractivity contribution < 1.29 is 23.2 Å². The third-order valence-electron chi connectivity index (χ3n) is 4.74. The molecule has 4 nitrogen and oxygen atoms in total. The fourth-order valence-electron chi connectivity index (χ4n) is 3.00. The van der Waals surface area contributed by atoms with E-state index in [-0.39, 0.29) is 22.2 Å². The first-order valence-electron chi connectivity index (χ1n) is 9.58. The summed E-state index contributed by atoms with van der Waals surface area (Å²) in [6, 6.07) is 15.1. The molecule has 0 saturated heterocycles. The molecule has 0 bridgehead atoms. The second-order valence-corrected chi connectivity index (χ2v) is 7.53. The van der Waals surface area contributed by atoms with E-state index in [9.17, 15) is 13.9 Å². The fourth-order valence-corrected chi connectivity index (χ4v) is 3.32. The van der Waals surface area contributed by atoms with Gasteiger partial charge in [-0.25, -0.2) is 0 Å². The molecule has 0 radical (unpaired) electrons. The molecule has 1 heterocycles. The number of alkyl halides is 2. The van der Waals surface area contributed by atoms with Crippen LogP contribution in [0.5, 0.6) is 5.75 Å². The minimum Gasteiger partial charge on any atom is -0.867 e. The number of thiocarbonyl (C=S) groups is 1. The summed E-state index contributed by atoms with van der Waals surface area (Å²) >= 11 is 5.60. The Bertz CT molecular complexity index is 1130. The third-order valence-corrected chi connectivity index (χ3v) is 5.04. The molecule has 1 N–H and O–H groups in total. The minimum absolute atomic E-state index is 0.0212. The Morgan fingerprint density at radius 3 is 2.35 bits per heavy atom. The second-order valence-electron chi connectivity index (χ2n) is 7.12. The molecule has 160 valence electrons. The van der Waals surface area contributed by atoms with Crippen molar-refractivity contribution >= 4 is 34.3 Å². The van der Waals surface area contributed by atoms with Gasteiger partial charge in [0.25, 0.3) is 0 Å². The van der Waals surface area contributed by atoms with E-state index in [0.29, 0.717) is 5.56 Å². The van der Waals surface area contributed by atoms with Gasteiger partial charge in [0.1, 0.15) is 5.75 Å². The Hall–Kier alpha value is -3.32. The average Bonchev–Trinajstić information content (AvgIpc) is 2.71. The number of hydrogen-bond donors (Lipinski definition) is 1. The summed E-state index contributed by atoms with van der Waals surface area (Å²) in [6.45, 7) is 3.00. The number of aromatic nitrogens is 1. The molecule has 0 aliphatic rings. The quantitative estimate of drug-likeness (QED) is 0.263. The Kier molecular flexibility index (Phi) is 6.97. The van der Waals surface area contributed by atoms with Crippen LogP contribution in [-0.4, -0.2) is 11.6 Å². The van der Waals surface area contributed by atoms with Crippen molar-refractivity contribution in [3.05, 3.63) is 89.2 Å². The van der Waals surface area contributed by atoms with E-state index >= 15 is 0 Å². The summed E-state index contributed by atoms with van der Waals surface area (Å²) in [5, 5.41) is 16.5. The van der Waals surface area contributed by atoms with E-state index in [0.717, 1.165) is 22.4 Å². The van der Waals surface area contributed by atoms with Gasteiger partial charge in [0, 0.05) is 17.3 Å². The predicted octanol–water partition coefficient (Wildman–Crippen LogP) is 4.63. The lowest BCUT2D eigenvalue weighted by Gasteiger charge is -2.18. The zero-order valence-corrected chi connectivity index (χ0v) is 18.2. The van der Waals surface area contributed by atoms with Crippen LogP contribution in [0.2, 0.25) is 0 Å². The van der Waals surface area contributed by atoms with Gasteiger partial charge in [0.2, 0.25) is 5.70 Å². The first kappa shape index (κ1) is 22.4. The smallest absolute Gasteiger partial charge is 0.387 e. The van der Waals surface area contributed by atoms with E-state index in [2.05, 4.69) is 10.1 Å². The van der Waals surface area contributed by atoms with Gasteiger partial charge >= 0.3 is 6.61 Å². The number of nitrogens with one attached hydrogen (secondary N) is 1. The number of aryl methyl sites for hydroxylation is 3. The highest BCUT2D eigenvalue weighted by Gasteiger charge is 2.19. The lowest BCUT2D eigenvalue weighted by atomic mass is 10.1. The minimum atomic E-state index is -2.93. The van der Waals surface area contributed by atoms with Crippen LogP contribution in [0, 0.1) is 20.8 Å². The molecular formula is C24H22F2N2O2S. The second kappa shape index (κ2) is 9.66. The topological polar surface area (TPSA) is 48.2 Å². The van der Waals surface area contributed by atoms with Crippen molar-refractivity contribution in [3.63, 3.8) is 0 Å². The van der Waals surface area contributed by atoms with Crippen LogP contribution in [0.15, 0.2) is 67.0 Å². The van der Waals surface area contributed by atoms with Crippen LogP contribution in [0.3, 0.4) is 0 Å². The molecule has 0 unspecified atom stereocenters. The van der Waals surface area contributed by atoms with E-state index < -0.39 is 6.61 Å². The summed E-state index contributed by atoms with van der Waals surface area (Å²) in [5.41, 5.74) is 4.51. The van der Waals surface area contributed by atoms with Crippen LogP contribution in [-0.2, 0) is 0 Å². The largest absolute Gasteiger partial charge is 0.867 e. The van der Waals surface area contributed by atoms with Crippen molar-refractivity contribution in [1.82, 2.24) is 0 Å². The van der Waals surface area contributed by atoms with E-state index in [4.69, 9.17) is 12.2 Å². The Morgan fingerprint density at radius 2 is 1.74 bits per heavy atom. The number of hydrogen-bond acceptors (Lipinski definition) is 3. The molecule has 1 aromatic heterocycles. The molecule has 3 rings (SSSR count). The van der Waals surface area contributed by atoms with Gasteiger partial charge in [-0.1, -0.05) is 30.4 Å². The SMILES string of the molecule is Cc1ccc[n+](/C(C(=S)Nc2ccc(C)c(C)c2)=C(/[O-])c2ccc(OC(F)F)cc2)c1. The standard InChI is InChI=1S/C24H22F2N2O2S/c1-15-5-4-12-28(14-15)21(23(31)27-19-9-6-16(2)17(3)13-19)22(29)18-7-10-20(11-8-18)30-24(25)26/h4-14,24H,1-3H3,(H-,27,29,31). The Balaban J connectivity index is 2.02. The van der Waals surface area contributed by atoms with Gasteiger partial charge in [0.05, 0.1) is 0 Å². The van der Waals surface area contributed by atoms with Crippen molar-refractivity contribution in [2.45, 2.75) is 27.4 Å². The van der Waals surface area contributed by atoms with Gasteiger partial charge in [-0.05, 0) is 73.6 Å². The summed E-state index contributed by atoms with van der Waals surface area (Å²) < 4.78 is 30.8. The Morgan fingerprint density at radius 1 is 1.03 bits per heavy atom. The molecule has 0 atom stereocenters. The van der Waals surface area contributed by atoms with Crippen molar-refractivity contribution in [2.75, 3.05) is 5.32 Å². The van der Waals surface area contributed by atoms with Crippen LogP contribution < -0.4 is 19.7 Å². The lowest BCUT2D eigenvalue weighted by Crippen LogP contribution is -2.40. The summed E-state index contributed by atoms with van der Waals surface area (Å²) in [6.07, 6.45) is 3.54. The summed E-state index contributed by atoms with van der Waals surface area (Å²) in [5.74, 6) is -0.368. The van der Waals surface area contributed by atoms with Crippen LogP contribution in [0.4, 0.5) is 14.5 Å². The van der Waals surface area contributed by atoms with E-state index in [1.165, 1.54) is 24.3 Å². The van der Waals surface area contributed by atoms with E-state index in [1.54, 1.807) is 17.0 Å². The molecule has 7 heteroatoms. The monoisotopic (exact) mass is 440 g/mol. The van der Waals surface area contributed by atoms with Gasteiger partial charge in [0.15, 0.2) is 17.4 Å². The molecule has 3 aromatic rings. The molecule has 0 saturated carbocycles. The zero-order chi connectivity index (χ0) is 22.5. The number of benzene rings is 2. The first-order chi connectivity index (χ1) is 14.7. The molecule has 0 aliphatic carbocycles. The first-order valence-corrected chi connectivity index (χ1v) is 9.99. The molecule has 0 aliphatic heterocycles. The average molecular weight is 441 g/mol. The molecule has 0 fully saturated rings. The van der Waals surface area contributed by atoms with Crippen LogP contribution in [0.25, 0.3) is 11.5 Å². The maximum Gasteiger partial charge on any atom is 0.387 e. The number of halogens is 2. The van der Waals surface area contributed by atoms with Crippen LogP contribution in [0.1, 0.15) is 22.3 Å². The lowest BCUT2D eigenvalue weighted by molar-refractivity contribution is -0.578. The number of ether oxygens (including phenoxy) is 1. The summed E-state index contributed by atoms with van der Waals surface area (Å²) in [4.78, 5) is 0.247. The van der Waals surface area contributed by atoms with Crippen molar-refractivity contribution in [3.8, 4) is 5.75 Å². The van der Waals surface area contributed by atoms with Crippen LogP contribution >= 0.6 is 12.2 Å². The third kappa shape index (κ3) is 5.64. The highest BCUT2D eigenvalue weighted by Crippen LogP contribution is 2.22. The van der Waals surface area contributed by atoms with Gasteiger partial charge in [-0.2, -0.15) is 13.3 Å². The molecule has 0 amide bonds. The highest BCUT2D eigenvalue weighted by molar-refractivity contribution is 7.81. The maximum atomic E-state index is 13.4. The Labute approximate surface area is 185 Å². The number of rotatable bonds is 6. The zero-order valence-electron chi connectivity index (χ0n) is 17.4. The van der Waals surface area contributed by atoms with Crippen molar-refractivity contribution in [2.24, 2.45) is 0 Å². The number of nitrogens with zero attached hydrogens (tertiary/aromatic N) is 1. The van der Waals surface area contributed by atoms with Gasteiger partial charge in [-0.3, -0.25) is 0 Å². The summed E-state index contributed by atoms with van der Waals surface area (Å²) in [7, 11) is 0. The highest BCUT2D eigenvalue weighted by atomic mass is 32.1. The van der Waals surface area contributed by atoms with E-state index in [1.807, 2.05) is 51.1 Å². The molecule has 31 heavy (non-hydrogen) atoms.